The van der Waals surface area contributed by atoms with Crippen LogP contribution in [0.3, 0.4) is 0 Å². The van der Waals surface area contributed by atoms with Crippen molar-refractivity contribution in [2.45, 2.75) is 6.42 Å². The molecule has 1 rings (SSSR count). The van der Waals surface area contributed by atoms with Crippen LogP contribution >= 0.6 is 0 Å². The first-order valence-electron chi connectivity index (χ1n) is 3.47. The van der Waals surface area contributed by atoms with E-state index in [1.54, 1.807) is 6.07 Å². The summed E-state index contributed by atoms with van der Waals surface area (Å²) in [5.41, 5.74) is -0.0631. The molecule has 1 aromatic rings. The third-order valence-electron chi connectivity index (χ3n) is 1.36. The van der Waals surface area contributed by atoms with Gasteiger partial charge in [-0.15, -0.1) is 0 Å². The summed E-state index contributed by atoms with van der Waals surface area (Å²) >= 11 is 0. The van der Waals surface area contributed by atoms with E-state index in [2.05, 4.69) is 4.98 Å². The van der Waals surface area contributed by atoms with E-state index in [1.165, 1.54) is 0 Å². The van der Waals surface area contributed by atoms with E-state index in [4.69, 9.17) is 10.4 Å². The number of carboxylic acid groups (broad SMARTS) is 1. The number of carbonyl (C=O) groups is 1. The Hall–Kier alpha value is -2.09. The van der Waals surface area contributed by atoms with Crippen molar-refractivity contribution in [3.63, 3.8) is 0 Å². The second-order valence-corrected chi connectivity index (χ2v) is 2.44. The number of nitrogens with one attached hydrogen (secondary N) is 1. The van der Waals surface area contributed by atoms with Crippen molar-refractivity contribution in [1.82, 2.24) is 4.98 Å². The summed E-state index contributed by atoms with van der Waals surface area (Å²) in [6.07, 6.45) is -0.287. The number of hydrogen-bond donors (Lipinski definition) is 2. The van der Waals surface area contributed by atoms with Crippen molar-refractivity contribution in [3.8, 4) is 6.07 Å². The summed E-state index contributed by atoms with van der Waals surface area (Å²) in [6.45, 7) is 0. The van der Waals surface area contributed by atoms with Gasteiger partial charge in [0.05, 0.1) is 6.42 Å². The molecule has 0 aliphatic carbocycles. The Morgan fingerprint density at radius 3 is 2.85 bits per heavy atom. The van der Waals surface area contributed by atoms with Crippen molar-refractivity contribution in [1.29, 1.82) is 5.26 Å². The van der Waals surface area contributed by atoms with Gasteiger partial charge in [-0.25, -0.2) is 0 Å². The predicted molar refractivity (Wildman–Crippen MR) is 43.1 cm³/mol. The number of aliphatic carboxylic acids is 1. The van der Waals surface area contributed by atoms with E-state index in [-0.39, 0.29) is 23.2 Å². The van der Waals surface area contributed by atoms with Crippen LogP contribution in [0.15, 0.2) is 16.9 Å². The van der Waals surface area contributed by atoms with Crippen LogP contribution < -0.4 is 5.43 Å². The molecule has 5 heteroatoms. The number of carboxylic acids is 1. The molecule has 1 aromatic heterocycles. The molecule has 0 aromatic carbocycles. The summed E-state index contributed by atoms with van der Waals surface area (Å²) in [5, 5.41) is 16.9. The number of rotatable bonds is 2. The lowest BCUT2D eigenvalue weighted by Crippen LogP contribution is -2.09. The van der Waals surface area contributed by atoms with E-state index in [1.807, 2.05) is 0 Å². The van der Waals surface area contributed by atoms with Gasteiger partial charge in [-0.1, -0.05) is 0 Å². The van der Waals surface area contributed by atoms with Crippen LogP contribution in [0, 0.1) is 11.3 Å². The topological polar surface area (TPSA) is 93.9 Å². The Bertz CT molecular complexity index is 428. The minimum atomic E-state index is -1.05. The van der Waals surface area contributed by atoms with Gasteiger partial charge in [0.25, 0.3) is 0 Å². The Balaban J connectivity index is 3.10. The molecule has 0 bridgehead atoms. The van der Waals surface area contributed by atoms with E-state index in [0.717, 1.165) is 12.1 Å². The number of pyridine rings is 1. The summed E-state index contributed by atoms with van der Waals surface area (Å²) < 4.78 is 0. The quantitative estimate of drug-likeness (QED) is 0.659. The Morgan fingerprint density at radius 1 is 1.62 bits per heavy atom. The van der Waals surface area contributed by atoms with Crippen LogP contribution in [-0.2, 0) is 11.2 Å². The zero-order chi connectivity index (χ0) is 9.84. The van der Waals surface area contributed by atoms with Crippen molar-refractivity contribution < 1.29 is 9.90 Å². The van der Waals surface area contributed by atoms with E-state index >= 15 is 0 Å². The Kier molecular flexibility index (Phi) is 2.45. The maximum Gasteiger partial charge on any atom is 0.309 e. The highest BCUT2D eigenvalue weighted by molar-refractivity contribution is 5.69. The fourth-order valence-corrected chi connectivity index (χ4v) is 0.919. The molecule has 1 heterocycles. The van der Waals surface area contributed by atoms with Crippen LogP contribution in [0.5, 0.6) is 0 Å². The lowest BCUT2D eigenvalue weighted by atomic mass is 10.2. The van der Waals surface area contributed by atoms with Gasteiger partial charge in [-0.05, 0) is 0 Å². The number of nitrogens with zero attached hydrogens (tertiary/aromatic N) is 1. The normalized spacial score (nSPS) is 9.15. The molecule has 0 aliphatic rings. The van der Waals surface area contributed by atoms with Crippen LogP contribution in [0.2, 0.25) is 0 Å². The minimum Gasteiger partial charge on any atom is -0.481 e. The molecule has 0 unspecified atom stereocenters. The third kappa shape index (κ3) is 2.45. The molecule has 0 atom stereocenters. The monoisotopic (exact) mass is 178 g/mol. The molecule has 66 valence electrons. The molecule has 0 amide bonds. The van der Waals surface area contributed by atoms with Gasteiger partial charge in [0.2, 0.25) is 0 Å². The average Bonchev–Trinajstić information content (AvgIpc) is 2.01. The second kappa shape index (κ2) is 3.54. The van der Waals surface area contributed by atoms with Crippen LogP contribution in [0.25, 0.3) is 0 Å². The van der Waals surface area contributed by atoms with Crippen molar-refractivity contribution in [3.05, 3.63) is 33.7 Å². The van der Waals surface area contributed by atoms with Crippen LogP contribution in [0.1, 0.15) is 11.4 Å². The Morgan fingerprint density at radius 2 is 2.31 bits per heavy atom. The number of H-pyrrole nitrogens is 1. The van der Waals surface area contributed by atoms with E-state index in [0.29, 0.717) is 0 Å². The molecular weight excluding hydrogens is 172 g/mol. The first-order valence-corrected chi connectivity index (χ1v) is 3.47. The third-order valence-corrected chi connectivity index (χ3v) is 1.36. The van der Waals surface area contributed by atoms with E-state index in [9.17, 15) is 9.59 Å². The van der Waals surface area contributed by atoms with Crippen LogP contribution in [0.4, 0.5) is 0 Å². The summed E-state index contributed by atoms with van der Waals surface area (Å²) in [7, 11) is 0. The molecule has 0 saturated heterocycles. The molecule has 0 radical (unpaired) electrons. The highest BCUT2D eigenvalue weighted by Gasteiger charge is 2.02. The van der Waals surface area contributed by atoms with Gasteiger partial charge in [0.1, 0.15) is 11.8 Å². The van der Waals surface area contributed by atoms with Gasteiger partial charge in [0.15, 0.2) is 5.43 Å². The highest BCUT2D eigenvalue weighted by atomic mass is 16.4. The minimum absolute atomic E-state index is 0.0729. The summed E-state index contributed by atoms with van der Waals surface area (Å²) in [6, 6.07) is 4.01. The van der Waals surface area contributed by atoms with Crippen molar-refractivity contribution >= 4 is 5.97 Å². The predicted octanol–water partition coefficient (Wildman–Crippen LogP) is -0.126. The highest BCUT2D eigenvalue weighted by Crippen LogP contribution is 1.94. The summed E-state index contributed by atoms with van der Waals surface area (Å²) in [4.78, 5) is 23.7. The second-order valence-electron chi connectivity index (χ2n) is 2.44. The largest absolute Gasteiger partial charge is 0.481 e. The zero-order valence-corrected chi connectivity index (χ0v) is 6.57. The lowest BCUT2D eigenvalue weighted by Gasteiger charge is -1.96. The number of aromatic nitrogens is 1. The molecule has 0 saturated carbocycles. The SMILES string of the molecule is N#Cc1cc(=O)cc(CC(=O)O)[nH]1. The van der Waals surface area contributed by atoms with Gasteiger partial charge >= 0.3 is 5.97 Å². The molecule has 0 fully saturated rings. The maximum atomic E-state index is 10.9. The molecular formula is C8H6N2O3. The number of nitriles is 1. The lowest BCUT2D eigenvalue weighted by molar-refractivity contribution is -0.136. The van der Waals surface area contributed by atoms with Gasteiger partial charge in [0, 0.05) is 17.8 Å². The van der Waals surface area contributed by atoms with Gasteiger partial charge in [-0.2, -0.15) is 5.26 Å². The number of aromatic amines is 1. The number of hydrogen-bond acceptors (Lipinski definition) is 3. The van der Waals surface area contributed by atoms with Gasteiger partial charge in [-0.3, -0.25) is 9.59 Å². The maximum absolute atomic E-state index is 10.9. The zero-order valence-electron chi connectivity index (χ0n) is 6.57. The Labute approximate surface area is 73.3 Å². The van der Waals surface area contributed by atoms with Crippen molar-refractivity contribution in [2.75, 3.05) is 0 Å². The molecule has 0 aliphatic heterocycles. The molecule has 13 heavy (non-hydrogen) atoms. The van der Waals surface area contributed by atoms with Crippen LogP contribution in [-0.4, -0.2) is 16.1 Å². The fourth-order valence-electron chi connectivity index (χ4n) is 0.919. The molecule has 0 spiro atoms. The summed E-state index contributed by atoms with van der Waals surface area (Å²) in [5.74, 6) is -1.05. The standard InChI is InChI=1S/C8H6N2O3/c9-4-6-2-7(11)1-5(10-6)3-8(12)13/h1-2H,3H2,(H,10,11)(H,12,13). The van der Waals surface area contributed by atoms with Gasteiger partial charge < -0.3 is 10.1 Å². The smallest absolute Gasteiger partial charge is 0.309 e. The fraction of sp³-hybridized carbons (Fsp3) is 0.125. The first kappa shape index (κ1) is 9.00. The first-order chi connectivity index (χ1) is 6.11. The molecule has 5 nitrogen and oxygen atoms in total. The molecule has 2 N–H and O–H groups in total. The average molecular weight is 178 g/mol. The van der Waals surface area contributed by atoms with Crippen molar-refractivity contribution in [2.24, 2.45) is 0 Å². The van der Waals surface area contributed by atoms with E-state index < -0.39 is 5.97 Å².